The topological polar surface area (TPSA) is 66.5 Å². The molecular weight excluding hydrogens is 408 g/mol. The SMILES string of the molecule is CCN(CC)S(=O)(=O)c1ccc(NC(=O)CC(c2ccccc2)c2ccccc2)cc1. The second-order valence-corrected chi connectivity index (χ2v) is 9.18. The summed E-state index contributed by atoms with van der Waals surface area (Å²) in [6, 6.07) is 26.2. The summed E-state index contributed by atoms with van der Waals surface area (Å²) in [7, 11) is -3.52. The average molecular weight is 437 g/mol. The molecule has 0 atom stereocenters. The lowest BCUT2D eigenvalue weighted by Gasteiger charge is -2.19. The van der Waals surface area contributed by atoms with Gasteiger partial charge < -0.3 is 5.32 Å². The Kier molecular flexibility index (Phi) is 7.60. The van der Waals surface area contributed by atoms with Crippen LogP contribution < -0.4 is 5.32 Å². The van der Waals surface area contributed by atoms with E-state index in [4.69, 9.17) is 0 Å². The molecule has 0 aromatic heterocycles. The fraction of sp³-hybridized carbons (Fsp3) is 0.240. The molecule has 0 aliphatic heterocycles. The minimum absolute atomic E-state index is 0.0651. The summed E-state index contributed by atoms with van der Waals surface area (Å²) in [5, 5.41) is 2.90. The number of sulfonamides is 1. The number of hydrogen-bond donors (Lipinski definition) is 1. The number of carbonyl (C=O) groups is 1. The predicted octanol–water partition coefficient (Wildman–Crippen LogP) is 4.88. The van der Waals surface area contributed by atoms with Crippen LogP contribution in [0.5, 0.6) is 0 Å². The van der Waals surface area contributed by atoms with Gasteiger partial charge in [0, 0.05) is 31.1 Å². The van der Waals surface area contributed by atoms with Gasteiger partial charge in [0.05, 0.1) is 4.90 Å². The van der Waals surface area contributed by atoms with Crippen LogP contribution in [0.2, 0.25) is 0 Å². The normalized spacial score (nSPS) is 11.6. The summed E-state index contributed by atoms with van der Waals surface area (Å²) in [5.41, 5.74) is 2.72. The molecule has 1 N–H and O–H groups in total. The molecule has 0 heterocycles. The van der Waals surface area contributed by atoms with Gasteiger partial charge in [-0.3, -0.25) is 4.79 Å². The van der Waals surface area contributed by atoms with Crippen LogP contribution in [-0.4, -0.2) is 31.7 Å². The van der Waals surface area contributed by atoms with Crippen LogP contribution in [0.25, 0.3) is 0 Å². The van der Waals surface area contributed by atoms with Crippen molar-refractivity contribution in [3.8, 4) is 0 Å². The number of nitrogens with one attached hydrogen (secondary N) is 1. The molecule has 5 nitrogen and oxygen atoms in total. The Morgan fingerprint density at radius 1 is 0.806 bits per heavy atom. The van der Waals surface area contributed by atoms with Crippen LogP contribution in [0.1, 0.15) is 37.3 Å². The first-order chi connectivity index (χ1) is 15.0. The highest BCUT2D eigenvalue weighted by Gasteiger charge is 2.22. The van der Waals surface area contributed by atoms with Crippen molar-refractivity contribution in [3.63, 3.8) is 0 Å². The van der Waals surface area contributed by atoms with Crippen molar-refractivity contribution in [2.45, 2.75) is 31.1 Å². The number of amides is 1. The highest BCUT2D eigenvalue weighted by molar-refractivity contribution is 7.89. The van der Waals surface area contributed by atoms with Crippen LogP contribution in [0.4, 0.5) is 5.69 Å². The molecule has 0 radical (unpaired) electrons. The van der Waals surface area contributed by atoms with Gasteiger partial charge in [-0.1, -0.05) is 74.5 Å². The van der Waals surface area contributed by atoms with Gasteiger partial charge in [0.25, 0.3) is 0 Å². The Hall–Kier alpha value is -2.96. The summed E-state index contributed by atoms with van der Waals surface area (Å²) in [6.45, 7) is 4.45. The highest BCUT2D eigenvalue weighted by atomic mass is 32.2. The van der Waals surface area contributed by atoms with E-state index in [2.05, 4.69) is 5.32 Å². The summed E-state index contributed by atoms with van der Waals surface area (Å²) < 4.78 is 26.7. The van der Waals surface area contributed by atoms with E-state index in [9.17, 15) is 13.2 Å². The van der Waals surface area contributed by atoms with Crippen LogP contribution in [0.15, 0.2) is 89.8 Å². The van der Waals surface area contributed by atoms with Crippen LogP contribution in [-0.2, 0) is 14.8 Å². The molecule has 6 heteroatoms. The molecule has 0 saturated heterocycles. The molecule has 31 heavy (non-hydrogen) atoms. The van der Waals surface area contributed by atoms with Crippen molar-refractivity contribution in [2.75, 3.05) is 18.4 Å². The highest BCUT2D eigenvalue weighted by Crippen LogP contribution is 2.28. The minimum atomic E-state index is -3.52. The zero-order chi connectivity index (χ0) is 22.3. The first-order valence-electron chi connectivity index (χ1n) is 10.5. The molecule has 0 aliphatic carbocycles. The quantitative estimate of drug-likeness (QED) is 0.520. The molecule has 162 valence electrons. The van der Waals surface area contributed by atoms with E-state index in [1.807, 2.05) is 74.5 Å². The summed E-state index contributed by atoms with van der Waals surface area (Å²) in [4.78, 5) is 13.0. The van der Waals surface area contributed by atoms with E-state index >= 15 is 0 Å². The fourth-order valence-corrected chi connectivity index (χ4v) is 5.08. The Balaban J connectivity index is 1.75. The Labute approximate surface area is 184 Å². The van der Waals surface area contributed by atoms with E-state index in [-0.39, 0.29) is 23.1 Å². The number of nitrogens with zero attached hydrogens (tertiary/aromatic N) is 1. The van der Waals surface area contributed by atoms with Gasteiger partial charge >= 0.3 is 0 Å². The van der Waals surface area contributed by atoms with E-state index in [0.29, 0.717) is 18.8 Å². The zero-order valence-electron chi connectivity index (χ0n) is 17.9. The van der Waals surface area contributed by atoms with Gasteiger partial charge in [0.1, 0.15) is 0 Å². The monoisotopic (exact) mass is 436 g/mol. The van der Waals surface area contributed by atoms with Crippen LogP contribution in [0, 0.1) is 0 Å². The molecule has 0 spiro atoms. The number of hydrogen-bond acceptors (Lipinski definition) is 3. The van der Waals surface area contributed by atoms with E-state index in [1.165, 1.54) is 16.4 Å². The molecule has 3 rings (SSSR count). The van der Waals surface area contributed by atoms with Crippen molar-refractivity contribution < 1.29 is 13.2 Å². The van der Waals surface area contributed by atoms with Crippen LogP contribution >= 0.6 is 0 Å². The number of benzene rings is 3. The van der Waals surface area contributed by atoms with Crippen molar-refractivity contribution in [1.29, 1.82) is 0 Å². The van der Waals surface area contributed by atoms with Gasteiger partial charge in [0.15, 0.2) is 0 Å². The number of rotatable bonds is 9. The molecule has 3 aromatic rings. The molecule has 0 bridgehead atoms. The molecule has 0 unspecified atom stereocenters. The number of carbonyl (C=O) groups excluding carboxylic acids is 1. The first-order valence-corrected chi connectivity index (χ1v) is 11.9. The van der Waals surface area contributed by atoms with Gasteiger partial charge in [-0.25, -0.2) is 8.42 Å². The largest absolute Gasteiger partial charge is 0.326 e. The second-order valence-electron chi connectivity index (χ2n) is 7.24. The Bertz CT molecular complexity index is 1040. The summed E-state index contributed by atoms with van der Waals surface area (Å²) >= 11 is 0. The maximum Gasteiger partial charge on any atom is 0.243 e. The number of anilines is 1. The third-order valence-corrected chi connectivity index (χ3v) is 7.34. The molecular formula is C25H28N2O3S. The summed E-state index contributed by atoms with van der Waals surface area (Å²) in [5.74, 6) is -0.193. The standard InChI is InChI=1S/C25H28N2O3S/c1-3-27(4-2)31(29,30)23-17-15-22(16-18-23)26-25(28)19-24(20-11-7-5-8-12-20)21-13-9-6-10-14-21/h5-18,24H,3-4,19H2,1-2H3,(H,26,28). The lowest BCUT2D eigenvalue weighted by molar-refractivity contribution is -0.116. The lowest BCUT2D eigenvalue weighted by Crippen LogP contribution is -2.30. The van der Waals surface area contributed by atoms with E-state index in [1.54, 1.807) is 12.1 Å². The minimum Gasteiger partial charge on any atom is -0.326 e. The molecule has 0 saturated carbocycles. The first kappa shape index (κ1) is 22.7. The van der Waals surface area contributed by atoms with Crippen LogP contribution in [0.3, 0.4) is 0 Å². The zero-order valence-corrected chi connectivity index (χ0v) is 18.7. The Morgan fingerprint density at radius 2 is 1.29 bits per heavy atom. The second kappa shape index (κ2) is 10.4. The maximum atomic E-state index is 12.8. The maximum absolute atomic E-state index is 12.8. The molecule has 0 aliphatic rings. The lowest BCUT2D eigenvalue weighted by atomic mass is 9.88. The third kappa shape index (κ3) is 5.60. The summed E-state index contributed by atoms with van der Waals surface area (Å²) in [6.07, 6.45) is 0.285. The van der Waals surface area contributed by atoms with Gasteiger partial charge in [-0.2, -0.15) is 4.31 Å². The van der Waals surface area contributed by atoms with Gasteiger partial charge in [-0.15, -0.1) is 0 Å². The fourth-order valence-electron chi connectivity index (χ4n) is 3.62. The predicted molar refractivity (Wildman–Crippen MR) is 125 cm³/mol. The van der Waals surface area contributed by atoms with Gasteiger partial charge in [-0.05, 0) is 35.4 Å². The molecule has 1 amide bonds. The van der Waals surface area contributed by atoms with Crippen molar-refractivity contribution in [3.05, 3.63) is 96.1 Å². The van der Waals surface area contributed by atoms with Crippen molar-refractivity contribution in [2.24, 2.45) is 0 Å². The van der Waals surface area contributed by atoms with E-state index < -0.39 is 10.0 Å². The third-order valence-electron chi connectivity index (χ3n) is 5.27. The molecule has 3 aromatic carbocycles. The molecule has 0 fully saturated rings. The van der Waals surface area contributed by atoms with Crippen molar-refractivity contribution >= 4 is 21.6 Å². The van der Waals surface area contributed by atoms with Gasteiger partial charge in [0.2, 0.25) is 15.9 Å². The van der Waals surface area contributed by atoms with E-state index in [0.717, 1.165) is 11.1 Å². The smallest absolute Gasteiger partial charge is 0.243 e. The Morgan fingerprint density at radius 3 is 1.74 bits per heavy atom. The van der Waals surface area contributed by atoms with Crippen molar-refractivity contribution in [1.82, 2.24) is 4.31 Å². The average Bonchev–Trinajstić information content (AvgIpc) is 2.79.